The van der Waals surface area contributed by atoms with E-state index in [9.17, 15) is 4.39 Å². The Labute approximate surface area is 104 Å². The number of aromatic nitrogens is 2. The van der Waals surface area contributed by atoms with Gasteiger partial charge in [0.05, 0.1) is 11.6 Å². The molecular formula is C12H13ClFN3. The van der Waals surface area contributed by atoms with Gasteiger partial charge >= 0.3 is 0 Å². The first-order valence-electron chi connectivity index (χ1n) is 5.38. The van der Waals surface area contributed by atoms with Gasteiger partial charge in [0.1, 0.15) is 5.82 Å². The quantitative estimate of drug-likeness (QED) is 0.830. The summed E-state index contributed by atoms with van der Waals surface area (Å²) in [6.45, 7) is 2.09. The third-order valence-electron chi connectivity index (χ3n) is 2.42. The van der Waals surface area contributed by atoms with E-state index in [1.165, 1.54) is 6.07 Å². The minimum atomic E-state index is -0.377. The van der Waals surface area contributed by atoms with Crippen molar-refractivity contribution in [3.8, 4) is 0 Å². The molecule has 3 nitrogen and oxygen atoms in total. The predicted molar refractivity (Wildman–Crippen MR) is 65.3 cm³/mol. The fourth-order valence-corrected chi connectivity index (χ4v) is 1.73. The van der Waals surface area contributed by atoms with Gasteiger partial charge in [0.25, 0.3) is 0 Å². The summed E-state index contributed by atoms with van der Waals surface area (Å²) in [7, 11) is 0. The van der Waals surface area contributed by atoms with Crippen LogP contribution in [0.5, 0.6) is 0 Å². The van der Waals surface area contributed by atoms with Crippen LogP contribution in [0.15, 0.2) is 36.7 Å². The lowest BCUT2D eigenvalue weighted by atomic mass is 10.2. The molecule has 0 radical (unpaired) electrons. The highest BCUT2D eigenvalue weighted by atomic mass is 35.5. The van der Waals surface area contributed by atoms with Crippen LogP contribution in [0.2, 0.25) is 5.02 Å². The van der Waals surface area contributed by atoms with Crippen LogP contribution in [-0.2, 0) is 13.1 Å². The van der Waals surface area contributed by atoms with Crippen LogP contribution in [0, 0.1) is 5.82 Å². The van der Waals surface area contributed by atoms with E-state index in [-0.39, 0.29) is 10.8 Å². The van der Waals surface area contributed by atoms with Crippen molar-refractivity contribution in [3.05, 3.63) is 53.1 Å². The Morgan fingerprint density at radius 2 is 2.24 bits per heavy atom. The molecule has 1 aromatic heterocycles. The SMILES string of the molecule is Fc1cccc(CNCCn2cccn2)c1Cl. The van der Waals surface area contributed by atoms with Crippen molar-refractivity contribution in [1.82, 2.24) is 15.1 Å². The third-order valence-corrected chi connectivity index (χ3v) is 2.85. The van der Waals surface area contributed by atoms with E-state index in [0.29, 0.717) is 6.54 Å². The second-order valence-electron chi connectivity index (χ2n) is 3.66. The molecule has 2 rings (SSSR count). The van der Waals surface area contributed by atoms with E-state index >= 15 is 0 Å². The molecule has 1 N–H and O–H groups in total. The lowest BCUT2D eigenvalue weighted by Gasteiger charge is -2.07. The molecule has 0 amide bonds. The normalized spacial score (nSPS) is 10.7. The Morgan fingerprint density at radius 1 is 1.35 bits per heavy atom. The third kappa shape index (κ3) is 3.28. The minimum Gasteiger partial charge on any atom is -0.311 e. The van der Waals surface area contributed by atoms with E-state index in [4.69, 9.17) is 11.6 Å². The zero-order valence-corrected chi connectivity index (χ0v) is 9.99. The zero-order chi connectivity index (χ0) is 12.1. The molecule has 1 aromatic carbocycles. The lowest BCUT2D eigenvalue weighted by molar-refractivity contribution is 0.553. The monoisotopic (exact) mass is 253 g/mol. The summed E-state index contributed by atoms with van der Waals surface area (Å²) in [5.41, 5.74) is 0.770. The van der Waals surface area contributed by atoms with E-state index < -0.39 is 0 Å². The molecule has 2 aromatic rings. The molecule has 0 saturated heterocycles. The second-order valence-corrected chi connectivity index (χ2v) is 4.04. The molecule has 0 saturated carbocycles. The smallest absolute Gasteiger partial charge is 0.142 e. The number of halogens is 2. The summed E-state index contributed by atoms with van der Waals surface area (Å²) < 4.78 is 15.0. The second kappa shape index (κ2) is 5.80. The summed E-state index contributed by atoms with van der Waals surface area (Å²) in [5, 5.41) is 7.47. The highest BCUT2D eigenvalue weighted by Gasteiger charge is 2.04. The highest BCUT2D eigenvalue weighted by Crippen LogP contribution is 2.19. The van der Waals surface area contributed by atoms with Gasteiger partial charge in [0, 0.05) is 25.5 Å². The van der Waals surface area contributed by atoms with Crippen LogP contribution in [0.4, 0.5) is 4.39 Å². The Morgan fingerprint density at radius 3 is 3.00 bits per heavy atom. The molecule has 0 spiro atoms. The minimum absolute atomic E-state index is 0.194. The molecule has 90 valence electrons. The fourth-order valence-electron chi connectivity index (χ4n) is 1.53. The first-order chi connectivity index (χ1) is 8.27. The van der Waals surface area contributed by atoms with Crippen LogP contribution in [0.3, 0.4) is 0 Å². The average Bonchev–Trinajstić information content (AvgIpc) is 2.83. The van der Waals surface area contributed by atoms with Gasteiger partial charge in [-0.25, -0.2) is 4.39 Å². The molecule has 0 unspecified atom stereocenters. The van der Waals surface area contributed by atoms with Crippen molar-refractivity contribution in [2.45, 2.75) is 13.1 Å². The number of rotatable bonds is 5. The van der Waals surface area contributed by atoms with Gasteiger partial charge in [-0.2, -0.15) is 5.10 Å². The van der Waals surface area contributed by atoms with Crippen LogP contribution in [0.1, 0.15) is 5.56 Å². The maximum atomic E-state index is 13.1. The van der Waals surface area contributed by atoms with Crippen LogP contribution < -0.4 is 5.32 Å². The van der Waals surface area contributed by atoms with Gasteiger partial charge < -0.3 is 5.32 Å². The maximum Gasteiger partial charge on any atom is 0.142 e. The molecular weight excluding hydrogens is 241 g/mol. The largest absolute Gasteiger partial charge is 0.311 e. The maximum absolute atomic E-state index is 13.1. The van der Waals surface area contributed by atoms with Crippen LogP contribution in [0.25, 0.3) is 0 Å². The Bertz CT molecular complexity index is 471. The number of hydrogen-bond acceptors (Lipinski definition) is 2. The van der Waals surface area contributed by atoms with E-state index in [1.54, 1.807) is 12.3 Å². The van der Waals surface area contributed by atoms with Gasteiger partial charge in [-0.1, -0.05) is 23.7 Å². The van der Waals surface area contributed by atoms with E-state index in [1.807, 2.05) is 23.0 Å². The molecule has 5 heteroatoms. The van der Waals surface area contributed by atoms with Gasteiger partial charge in [0.2, 0.25) is 0 Å². The number of nitrogens with one attached hydrogen (secondary N) is 1. The van der Waals surface area contributed by atoms with Crippen molar-refractivity contribution in [2.24, 2.45) is 0 Å². The molecule has 1 heterocycles. The Hall–Kier alpha value is -1.39. The molecule has 0 atom stereocenters. The van der Waals surface area contributed by atoms with E-state index in [0.717, 1.165) is 18.7 Å². The standard InChI is InChI=1S/C12H13ClFN3/c13-12-10(3-1-4-11(12)14)9-15-6-8-17-7-2-5-16-17/h1-5,7,15H,6,8-9H2. The molecule has 0 aliphatic rings. The van der Waals surface area contributed by atoms with Gasteiger partial charge in [0.15, 0.2) is 0 Å². The van der Waals surface area contributed by atoms with Crippen LogP contribution >= 0.6 is 11.6 Å². The Balaban J connectivity index is 1.80. The highest BCUT2D eigenvalue weighted by molar-refractivity contribution is 6.31. The van der Waals surface area contributed by atoms with Crippen molar-refractivity contribution >= 4 is 11.6 Å². The summed E-state index contributed by atoms with van der Waals surface area (Å²) >= 11 is 5.84. The zero-order valence-electron chi connectivity index (χ0n) is 9.24. The number of benzene rings is 1. The summed E-state index contributed by atoms with van der Waals surface area (Å²) in [6, 6.07) is 6.71. The van der Waals surface area contributed by atoms with Crippen molar-refractivity contribution < 1.29 is 4.39 Å². The average molecular weight is 254 g/mol. The molecule has 17 heavy (non-hydrogen) atoms. The summed E-state index contributed by atoms with van der Waals surface area (Å²) in [4.78, 5) is 0. The summed E-state index contributed by atoms with van der Waals surface area (Å²) in [6.07, 6.45) is 3.64. The number of hydrogen-bond donors (Lipinski definition) is 1. The first kappa shape index (κ1) is 12.1. The Kier molecular flexibility index (Phi) is 4.12. The molecule has 0 aliphatic heterocycles. The van der Waals surface area contributed by atoms with Gasteiger partial charge in [-0.15, -0.1) is 0 Å². The lowest BCUT2D eigenvalue weighted by Crippen LogP contribution is -2.20. The molecule has 0 aliphatic carbocycles. The summed E-state index contributed by atoms with van der Waals surface area (Å²) in [5.74, 6) is -0.377. The van der Waals surface area contributed by atoms with Crippen molar-refractivity contribution in [2.75, 3.05) is 6.54 Å². The van der Waals surface area contributed by atoms with E-state index in [2.05, 4.69) is 10.4 Å². The van der Waals surface area contributed by atoms with Gasteiger partial charge in [-0.3, -0.25) is 4.68 Å². The predicted octanol–water partition coefficient (Wildman–Crippen LogP) is 2.47. The number of nitrogens with zero attached hydrogens (tertiary/aromatic N) is 2. The van der Waals surface area contributed by atoms with Crippen LogP contribution in [-0.4, -0.2) is 16.3 Å². The fraction of sp³-hybridized carbons (Fsp3) is 0.250. The van der Waals surface area contributed by atoms with Crippen molar-refractivity contribution in [3.63, 3.8) is 0 Å². The molecule has 0 bridgehead atoms. The molecule has 0 fully saturated rings. The van der Waals surface area contributed by atoms with Crippen molar-refractivity contribution in [1.29, 1.82) is 0 Å². The topological polar surface area (TPSA) is 29.9 Å². The first-order valence-corrected chi connectivity index (χ1v) is 5.76. The van der Waals surface area contributed by atoms with Gasteiger partial charge in [-0.05, 0) is 17.7 Å².